The van der Waals surface area contributed by atoms with Crippen molar-refractivity contribution in [3.8, 4) is 33.5 Å². The molecule has 0 bridgehead atoms. The fourth-order valence-electron chi connectivity index (χ4n) is 5.26. The van der Waals surface area contributed by atoms with Gasteiger partial charge in [0.1, 0.15) is 38.5 Å². The van der Waals surface area contributed by atoms with Gasteiger partial charge in [0, 0.05) is 16.3 Å². The SMILES string of the molecule is BC(B)(c1cc(-c2cccc3c2oc2c(-c4cccc(-c5ccccc5)c4)c(F)ccc23)ncc1F)C(C)(C)C. The molecule has 0 radical (unpaired) electrons. The van der Waals surface area contributed by atoms with Crippen LogP contribution >= 0.6 is 0 Å². The van der Waals surface area contributed by atoms with Crippen molar-refractivity contribution in [2.45, 2.75) is 26.0 Å². The quantitative estimate of drug-likeness (QED) is 0.220. The Morgan fingerprint density at radius 1 is 0.675 bits per heavy atom. The molecule has 0 N–H and O–H groups in total. The first-order valence-electron chi connectivity index (χ1n) is 13.5. The molecule has 0 amide bonds. The molecule has 4 aromatic carbocycles. The van der Waals surface area contributed by atoms with E-state index in [-0.39, 0.29) is 17.0 Å². The summed E-state index contributed by atoms with van der Waals surface area (Å²) < 4.78 is 37.1. The number of furan rings is 1. The fourth-order valence-corrected chi connectivity index (χ4v) is 5.26. The van der Waals surface area contributed by atoms with E-state index >= 15 is 8.78 Å². The summed E-state index contributed by atoms with van der Waals surface area (Å²) in [7, 11) is 4.10. The van der Waals surface area contributed by atoms with Crippen molar-refractivity contribution in [2.24, 2.45) is 5.41 Å². The highest BCUT2D eigenvalue weighted by Gasteiger charge is 2.36. The largest absolute Gasteiger partial charge is 0.455 e. The van der Waals surface area contributed by atoms with E-state index in [0.717, 1.165) is 33.0 Å². The summed E-state index contributed by atoms with van der Waals surface area (Å²) >= 11 is 0. The molecular weight excluding hydrogens is 498 g/mol. The van der Waals surface area contributed by atoms with Crippen LogP contribution in [-0.2, 0) is 5.21 Å². The van der Waals surface area contributed by atoms with Gasteiger partial charge in [-0.15, -0.1) is 0 Å². The predicted octanol–water partition coefficient (Wildman–Crippen LogP) is 7.73. The maximum absolute atomic E-state index is 15.5. The maximum atomic E-state index is 15.5. The number of benzene rings is 4. The van der Waals surface area contributed by atoms with Crippen molar-refractivity contribution in [1.82, 2.24) is 4.98 Å². The molecular formula is C34H29B2F2NO. The molecule has 0 unspecified atom stereocenters. The Hall–Kier alpha value is -4.18. The lowest BCUT2D eigenvalue weighted by atomic mass is 9.41. The summed E-state index contributed by atoms with van der Waals surface area (Å²) in [6.45, 7) is 6.32. The molecule has 0 saturated heterocycles. The molecule has 0 spiro atoms. The number of halogens is 2. The van der Waals surface area contributed by atoms with Crippen LogP contribution in [0.4, 0.5) is 8.78 Å². The summed E-state index contributed by atoms with van der Waals surface area (Å²) in [4.78, 5) is 4.46. The third-order valence-corrected chi connectivity index (χ3v) is 8.55. The topological polar surface area (TPSA) is 26.0 Å². The molecule has 0 aliphatic carbocycles. The number of pyridine rings is 1. The van der Waals surface area contributed by atoms with E-state index in [2.05, 4.69) is 41.4 Å². The molecule has 40 heavy (non-hydrogen) atoms. The number of nitrogens with zero attached hydrogens (tertiary/aromatic N) is 1. The first kappa shape index (κ1) is 26.1. The van der Waals surface area contributed by atoms with E-state index in [1.54, 1.807) is 6.07 Å². The third kappa shape index (κ3) is 4.23. The average molecular weight is 527 g/mol. The van der Waals surface area contributed by atoms with Gasteiger partial charge in [0.15, 0.2) is 0 Å². The third-order valence-electron chi connectivity index (χ3n) is 8.55. The van der Waals surface area contributed by atoms with Crippen LogP contribution in [0.3, 0.4) is 0 Å². The van der Waals surface area contributed by atoms with E-state index < -0.39 is 5.21 Å². The van der Waals surface area contributed by atoms with Gasteiger partial charge >= 0.3 is 0 Å². The highest BCUT2D eigenvalue weighted by molar-refractivity contribution is 6.40. The molecule has 6 heteroatoms. The molecule has 196 valence electrons. The van der Waals surface area contributed by atoms with Crippen LogP contribution < -0.4 is 0 Å². The second-order valence-electron chi connectivity index (χ2n) is 12.0. The molecule has 6 aromatic rings. The van der Waals surface area contributed by atoms with Crippen LogP contribution in [0, 0.1) is 17.0 Å². The van der Waals surface area contributed by atoms with Crippen molar-refractivity contribution in [1.29, 1.82) is 0 Å². The Morgan fingerprint density at radius 3 is 2.10 bits per heavy atom. The number of rotatable bonds is 4. The number of fused-ring (bicyclic) bond motifs is 3. The monoisotopic (exact) mass is 527 g/mol. The van der Waals surface area contributed by atoms with Crippen LogP contribution in [0.1, 0.15) is 26.3 Å². The second-order valence-corrected chi connectivity index (χ2v) is 12.0. The summed E-state index contributed by atoms with van der Waals surface area (Å²) in [6.07, 6.45) is 1.29. The van der Waals surface area contributed by atoms with E-state index in [1.807, 2.05) is 78.9 Å². The predicted molar refractivity (Wildman–Crippen MR) is 166 cm³/mol. The highest BCUT2D eigenvalue weighted by Crippen LogP contribution is 2.43. The number of hydrogen-bond donors (Lipinski definition) is 0. The average Bonchev–Trinajstić information content (AvgIpc) is 3.32. The zero-order valence-corrected chi connectivity index (χ0v) is 23.3. The molecule has 2 aromatic heterocycles. The van der Waals surface area contributed by atoms with Gasteiger partial charge in [0.25, 0.3) is 0 Å². The van der Waals surface area contributed by atoms with Gasteiger partial charge in [-0.3, -0.25) is 4.98 Å². The second kappa shape index (κ2) is 9.48. The van der Waals surface area contributed by atoms with E-state index in [9.17, 15) is 0 Å². The fraction of sp³-hybridized carbons (Fsp3) is 0.147. The highest BCUT2D eigenvalue weighted by atomic mass is 19.1. The van der Waals surface area contributed by atoms with Crippen molar-refractivity contribution < 1.29 is 13.2 Å². The van der Waals surface area contributed by atoms with E-state index in [0.29, 0.717) is 28.0 Å². The zero-order valence-electron chi connectivity index (χ0n) is 23.3. The van der Waals surface area contributed by atoms with E-state index in [1.165, 1.54) is 12.3 Å². The Balaban J connectivity index is 1.56. The van der Waals surface area contributed by atoms with Crippen LogP contribution in [-0.4, -0.2) is 20.7 Å². The summed E-state index contributed by atoms with van der Waals surface area (Å²) in [5.41, 5.74) is 6.05. The Kier molecular flexibility index (Phi) is 6.18. The number of para-hydroxylation sites is 1. The van der Waals surface area contributed by atoms with Gasteiger partial charge in [0.2, 0.25) is 0 Å². The van der Waals surface area contributed by atoms with Crippen molar-refractivity contribution >= 4 is 37.6 Å². The molecule has 6 rings (SSSR count). The summed E-state index contributed by atoms with van der Waals surface area (Å²) in [5, 5.41) is 1.22. The van der Waals surface area contributed by atoms with Gasteiger partial charge < -0.3 is 4.42 Å². The Labute approximate surface area is 234 Å². The van der Waals surface area contributed by atoms with Crippen LogP contribution in [0.2, 0.25) is 0 Å². The molecule has 0 saturated carbocycles. The first-order chi connectivity index (χ1) is 19.1. The van der Waals surface area contributed by atoms with Gasteiger partial charge in [-0.25, -0.2) is 8.78 Å². The molecule has 2 nitrogen and oxygen atoms in total. The molecule has 0 atom stereocenters. The summed E-state index contributed by atoms with van der Waals surface area (Å²) in [6, 6.07) is 28.8. The van der Waals surface area contributed by atoms with Crippen molar-refractivity contribution in [3.05, 3.63) is 114 Å². The molecule has 0 aliphatic rings. The van der Waals surface area contributed by atoms with Crippen molar-refractivity contribution in [3.63, 3.8) is 0 Å². The van der Waals surface area contributed by atoms with Gasteiger partial charge in [-0.05, 0) is 58.0 Å². The van der Waals surface area contributed by atoms with Crippen molar-refractivity contribution in [2.75, 3.05) is 0 Å². The normalized spacial score (nSPS) is 12.3. The summed E-state index contributed by atoms with van der Waals surface area (Å²) in [5.74, 6) is -0.685. The zero-order chi connectivity index (χ0) is 28.2. The van der Waals surface area contributed by atoms with Crippen LogP contribution in [0.15, 0.2) is 102 Å². The van der Waals surface area contributed by atoms with Gasteiger partial charge in [0.05, 0.1) is 17.5 Å². The lowest BCUT2D eigenvalue weighted by Crippen LogP contribution is -2.42. The first-order valence-corrected chi connectivity index (χ1v) is 13.5. The maximum Gasteiger partial charge on any atom is 0.146 e. The molecule has 2 heterocycles. The smallest absolute Gasteiger partial charge is 0.146 e. The minimum absolute atomic E-state index is 0.182. The standard InChI is InChI=1S/C34H29B2F2NO/c1-33(2,3)34(35,36)26-18-29(39-19-28(26)38)25-14-8-13-23-24-15-16-27(37)30(32(24)40-31(23)25)22-12-7-11-21(17-22)20-9-5-4-6-10-20/h4-19H,35-36H2,1-3H3. The minimum atomic E-state index is -0.448. The van der Waals surface area contributed by atoms with Crippen LogP contribution in [0.5, 0.6) is 0 Å². The molecule has 0 aliphatic heterocycles. The van der Waals surface area contributed by atoms with Crippen LogP contribution in [0.25, 0.3) is 55.4 Å². The van der Waals surface area contributed by atoms with Gasteiger partial charge in [-0.2, -0.15) is 0 Å². The lowest BCUT2D eigenvalue weighted by Gasteiger charge is -2.40. The molecule has 0 fully saturated rings. The number of aromatic nitrogens is 1. The Morgan fingerprint density at radius 2 is 1.35 bits per heavy atom. The van der Waals surface area contributed by atoms with E-state index in [4.69, 9.17) is 4.42 Å². The van der Waals surface area contributed by atoms with Gasteiger partial charge in [-0.1, -0.05) is 86.6 Å². The number of hydrogen-bond acceptors (Lipinski definition) is 2. The lowest BCUT2D eigenvalue weighted by molar-refractivity contribution is 0.349. The minimum Gasteiger partial charge on any atom is -0.455 e. The Bertz CT molecular complexity index is 1890.